The van der Waals surface area contributed by atoms with Gasteiger partial charge < -0.3 is 19.6 Å². The molecule has 2 aromatic rings. The Kier molecular flexibility index (Phi) is 6.86. The van der Waals surface area contributed by atoms with E-state index in [1.165, 1.54) is 17.0 Å². The Labute approximate surface area is 158 Å². The van der Waals surface area contributed by atoms with Crippen LogP contribution in [0.1, 0.15) is 5.56 Å². The number of nitrogens with zero attached hydrogens (tertiary/aromatic N) is 1. The molecule has 0 aromatic heterocycles. The second-order valence-corrected chi connectivity index (χ2v) is 7.15. The molecular weight excluding hydrogens is 355 g/mol. The van der Waals surface area contributed by atoms with Crippen LogP contribution in [0.4, 0.5) is 10.1 Å². The molecule has 140 valence electrons. The summed E-state index contributed by atoms with van der Waals surface area (Å²) in [6.07, 6.45) is -0.477. The standard InChI is InChI=1S/C20H24ClFN2O2/c21-17-3-1-16(2-4-17)14-26-15-20(25)13-23-9-11-24(12-10-23)19-7-5-18(22)6-8-19/h1-8,20,25H,9-15H2/p+1/t20-/m1/s1. The van der Waals surface area contributed by atoms with Crippen molar-refractivity contribution in [3.05, 3.63) is 64.9 Å². The molecule has 0 radical (unpaired) electrons. The SMILES string of the molecule is O[C@@H](COCc1ccc(Cl)cc1)C[NH+]1CCN(c2ccc(F)cc2)CC1. The highest BCUT2D eigenvalue weighted by Gasteiger charge is 2.22. The van der Waals surface area contributed by atoms with E-state index >= 15 is 0 Å². The van der Waals surface area contributed by atoms with E-state index < -0.39 is 6.10 Å². The van der Waals surface area contributed by atoms with Gasteiger partial charge >= 0.3 is 0 Å². The summed E-state index contributed by atoms with van der Waals surface area (Å²) < 4.78 is 18.6. The first-order valence-electron chi connectivity index (χ1n) is 8.94. The summed E-state index contributed by atoms with van der Waals surface area (Å²) in [7, 11) is 0. The molecular formula is C20H25ClFN2O2+. The molecule has 1 heterocycles. The van der Waals surface area contributed by atoms with Crippen molar-refractivity contribution in [3.8, 4) is 0 Å². The average Bonchev–Trinajstić information content (AvgIpc) is 2.65. The van der Waals surface area contributed by atoms with Crippen LogP contribution >= 0.6 is 11.6 Å². The highest BCUT2D eigenvalue weighted by Crippen LogP contribution is 2.14. The van der Waals surface area contributed by atoms with E-state index in [0.717, 1.165) is 37.4 Å². The Morgan fingerprint density at radius 1 is 1.08 bits per heavy atom. The topological polar surface area (TPSA) is 37.1 Å². The van der Waals surface area contributed by atoms with Crippen LogP contribution in [-0.4, -0.2) is 50.5 Å². The number of ether oxygens (including phenoxy) is 1. The highest BCUT2D eigenvalue weighted by molar-refractivity contribution is 6.30. The number of aliphatic hydroxyl groups is 1. The Hall–Kier alpha value is -1.66. The van der Waals surface area contributed by atoms with Gasteiger partial charge in [-0.3, -0.25) is 0 Å². The van der Waals surface area contributed by atoms with E-state index in [2.05, 4.69) is 4.90 Å². The zero-order valence-corrected chi connectivity index (χ0v) is 15.5. The molecule has 1 fully saturated rings. The number of hydrogen-bond donors (Lipinski definition) is 2. The number of hydrogen-bond acceptors (Lipinski definition) is 3. The van der Waals surface area contributed by atoms with Crippen LogP contribution in [0, 0.1) is 5.82 Å². The summed E-state index contributed by atoms with van der Waals surface area (Å²) in [6, 6.07) is 14.2. The number of halogens is 2. The number of rotatable bonds is 7. The highest BCUT2D eigenvalue weighted by atomic mass is 35.5. The molecule has 0 amide bonds. The molecule has 1 aliphatic rings. The number of anilines is 1. The van der Waals surface area contributed by atoms with Crippen molar-refractivity contribution in [2.24, 2.45) is 0 Å². The minimum Gasteiger partial charge on any atom is -0.385 e. The van der Waals surface area contributed by atoms with E-state index in [9.17, 15) is 9.50 Å². The van der Waals surface area contributed by atoms with Crippen molar-refractivity contribution in [1.29, 1.82) is 0 Å². The van der Waals surface area contributed by atoms with Crippen LogP contribution in [0.2, 0.25) is 5.02 Å². The van der Waals surface area contributed by atoms with E-state index in [4.69, 9.17) is 16.3 Å². The maximum absolute atomic E-state index is 13.0. The summed E-state index contributed by atoms with van der Waals surface area (Å²) >= 11 is 5.86. The Balaban J connectivity index is 1.35. The lowest BCUT2D eigenvalue weighted by Crippen LogP contribution is -3.16. The normalized spacial score (nSPS) is 16.7. The van der Waals surface area contributed by atoms with Crippen LogP contribution in [0.5, 0.6) is 0 Å². The molecule has 2 N–H and O–H groups in total. The molecule has 4 nitrogen and oxygen atoms in total. The van der Waals surface area contributed by atoms with Gasteiger partial charge in [0.15, 0.2) is 0 Å². The molecule has 0 aliphatic carbocycles. The van der Waals surface area contributed by atoms with Crippen molar-refractivity contribution in [2.75, 3.05) is 44.2 Å². The van der Waals surface area contributed by atoms with Crippen LogP contribution < -0.4 is 9.80 Å². The lowest BCUT2D eigenvalue weighted by atomic mass is 10.2. The third kappa shape index (κ3) is 5.68. The second kappa shape index (κ2) is 9.33. The Morgan fingerprint density at radius 2 is 1.73 bits per heavy atom. The van der Waals surface area contributed by atoms with Crippen molar-refractivity contribution in [3.63, 3.8) is 0 Å². The van der Waals surface area contributed by atoms with Gasteiger partial charge in [-0.2, -0.15) is 0 Å². The number of piperazine rings is 1. The summed E-state index contributed by atoms with van der Waals surface area (Å²) in [5.41, 5.74) is 2.10. The zero-order chi connectivity index (χ0) is 18.4. The van der Waals surface area contributed by atoms with Crippen LogP contribution in [0.25, 0.3) is 0 Å². The van der Waals surface area contributed by atoms with Gasteiger partial charge in [-0.1, -0.05) is 23.7 Å². The fourth-order valence-corrected chi connectivity index (χ4v) is 3.35. The molecule has 2 aromatic carbocycles. The minimum absolute atomic E-state index is 0.209. The van der Waals surface area contributed by atoms with Gasteiger partial charge in [0.25, 0.3) is 0 Å². The Morgan fingerprint density at radius 3 is 2.38 bits per heavy atom. The van der Waals surface area contributed by atoms with Gasteiger partial charge in [-0.05, 0) is 42.0 Å². The van der Waals surface area contributed by atoms with Crippen LogP contribution in [0.3, 0.4) is 0 Å². The maximum atomic E-state index is 13.0. The first-order chi connectivity index (χ1) is 12.6. The van der Waals surface area contributed by atoms with Crippen molar-refractivity contribution in [1.82, 2.24) is 0 Å². The maximum Gasteiger partial charge on any atom is 0.126 e. The molecule has 6 heteroatoms. The van der Waals surface area contributed by atoms with E-state index in [1.54, 1.807) is 0 Å². The third-order valence-corrected chi connectivity index (χ3v) is 4.93. The number of nitrogens with one attached hydrogen (secondary N) is 1. The molecule has 1 aliphatic heterocycles. The second-order valence-electron chi connectivity index (χ2n) is 6.71. The lowest BCUT2D eigenvalue weighted by Gasteiger charge is -2.34. The van der Waals surface area contributed by atoms with E-state index in [0.29, 0.717) is 24.8 Å². The summed E-state index contributed by atoms with van der Waals surface area (Å²) in [5, 5.41) is 10.9. The van der Waals surface area contributed by atoms with Crippen LogP contribution in [-0.2, 0) is 11.3 Å². The Bertz CT molecular complexity index is 673. The van der Waals surface area contributed by atoms with Gasteiger partial charge in [0.2, 0.25) is 0 Å². The predicted molar refractivity (Wildman–Crippen MR) is 101 cm³/mol. The summed E-state index contributed by atoms with van der Waals surface area (Å²) in [6.45, 7) is 5.18. The molecule has 1 atom stereocenters. The summed E-state index contributed by atoms with van der Waals surface area (Å²) in [5.74, 6) is -0.209. The number of benzene rings is 2. The first-order valence-corrected chi connectivity index (χ1v) is 9.32. The first kappa shape index (κ1) is 19.1. The van der Waals surface area contributed by atoms with Crippen molar-refractivity contribution in [2.45, 2.75) is 12.7 Å². The fourth-order valence-electron chi connectivity index (χ4n) is 3.22. The fraction of sp³-hybridized carbons (Fsp3) is 0.400. The molecule has 0 spiro atoms. The number of quaternary nitrogens is 1. The number of aliphatic hydroxyl groups excluding tert-OH is 1. The van der Waals surface area contributed by atoms with Gasteiger partial charge in [0.1, 0.15) is 18.5 Å². The van der Waals surface area contributed by atoms with Gasteiger partial charge in [-0.15, -0.1) is 0 Å². The van der Waals surface area contributed by atoms with Gasteiger partial charge in [0.05, 0.1) is 39.4 Å². The van der Waals surface area contributed by atoms with E-state index in [-0.39, 0.29) is 5.82 Å². The quantitative estimate of drug-likeness (QED) is 0.769. The van der Waals surface area contributed by atoms with Gasteiger partial charge in [-0.25, -0.2) is 4.39 Å². The molecule has 26 heavy (non-hydrogen) atoms. The van der Waals surface area contributed by atoms with E-state index in [1.807, 2.05) is 36.4 Å². The average molecular weight is 380 g/mol. The van der Waals surface area contributed by atoms with Gasteiger partial charge in [0, 0.05) is 10.7 Å². The zero-order valence-electron chi connectivity index (χ0n) is 14.7. The molecule has 3 rings (SSSR count). The molecule has 0 saturated carbocycles. The smallest absolute Gasteiger partial charge is 0.126 e. The largest absolute Gasteiger partial charge is 0.385 e. The monoisotopic (exact) mass is 379 g/mol. The summed E-state index contributed by atoms with van der Waals surface area (Å²) in [4.78, 5) is 3.62. The lowest BCUT2D eigenvalue weighted by molar-refractivity contribution is -0.903. The minimum atomic E-state index is -0.477. The third-order valence-electron chi connectivity index (χ3n) is 4.68. The molecule has 0 bridgehead atoms. The van der Waals surface area contributed by atoms with Crippen LogP contribution in [0.15, 0.2) is 48.5 Å². The molecule has 1 saturated heterocycles. The van der Waals surface area contributed by atoms with Crippen molar-refractivity contribution < 1.29 is 19.1 Å². The van der Waals surface area contributed by atoms with Crippen molar-refractivity contribution >= 4 is 17.3 Å². The molecule has 0 unspecified atom stereocenters. The predicted octanol–water partition coefficient (Wildman–Crippen LogP) is 1.76.